The van der Waals surface area contributed by atoms with Crippen LogP contribution in [-0.4, -0.2) is 19.7 Å². The third kappa shape index (κ3) is 3.17. The van der Waals surface area contributed by atoms with Gasteiger partial charge in [0.05, 0.1) is 11.1 Å². The fourth-order valence-corrected chi connectivity index (χ4v) is 3.26. The smallest absolute Gasteiger partial charge is 0.277 e. The maximum Gasteiger partial charge on any atom is 0.277 e. The highest BCUT2D eigenvalue weighted by molar-refractivity contribution is 7.89. The number of benzene rings is 3. The minimum Gasteiger partial charge on any atom is -0.507 e. The molecule has 0 aliphatic carbocycles. The van der Waals surface area contributed by atoms with Crippen LogP contribution in [0.2, 0.25) is 0 Å². The Balaban J connectivity index is 1.91. The van der Waals surface area contributed by atoms with Crippen molar-refractivity contribution in [3.8, 4) is 5.75 Å². The van der Waals surface area contributed by atoms with Crippen molar-refractivity contribution in [3.05, 3.63) is 72.3 Å². The topological polar surface area (TPSA) is 78.8 Å². The molecule has 0 radical (unpaired) electrons. The summed E-state index contributed by atoms with van der Waals surface area (Å²) >= 11 is 0. The SMILES string of the molecule is O=S(=O)(NN=Cc1ccccc1O)c1cccc2ccccc12. The summed E-state index contributed by atoms with van der Waals surface area (Å²) in [5.74, 6) is 0.0283. The molecule has 0 heterocycles. The number of phenolic OH excluding ortho intramolecular Hbond substituents is 1. The van der Waals surface area contributed by atoms with Gasteiger partial charge in [-0.15, -0.1) is 0 Å². The predicted octanol–water partition coefficient (Wildman–Crippen LogP) is 2.86. The third-order valence-corrected chi connectivity index (χ3v) is 4.63. The number of hydrogen-bond acceptors (Lipinski definition) is 4. The van der Waals surface area contributed by atoms with Crippen LogP contribution in [0, 0.1) is 0 Å². The molecule has 0 unspecified atom stereocenters. The molecule has 23 heavy (non-hydrogen) atoms. The van der Waals surface area contributed by atoms with Crippen molar-refractivity contribution in [1.82, 2.24) is 4.83 Å². The first-order valence-electron chi connectivity index (χ1n) is 6.88. The molecule has 0 fully saturated rings. The first-order valence-corrected chi connectivity index (χ1v) is 8.37. The molecule has 0 amide bonds. The predicted molar refractivity (Wildman–Crippen MR) is 90.0 cm³/mol. The van der Waals surface area contributed by atoms with Gasteiger partial charge >= 0.3 is 0 Å². The van der Waals surface area contributed by atoms with Crippen molar-refractivity contribution in [2.24, 2.45) is 5.10 Å². The second kappa shape index (κ2) is 6.10. The Morgan fingerprint density at radius 3 is 2.43 bits per heavy atom. The van der Waals surface area contributed by atoms with Crippen LogP contribution in [0.25, 0.3) is 10.8 Å². The number of rotatable bonds is 4. The van der Waals surface area contributed by atoms with Crippen LogP contribution in [0.15, 0.2) is 76.7 Å². The number of fused-ring (bicyclic) bond motifs is 1. The Bertz CT molecular complexity index is 977. The Hall–Kier alpha value is -2.86. The lowest BCUT2D eigenvalue weighted by molar-refractivity contribution is 0.474. The van der Waals surface area contributed by atoms with Gasteiger partial charge < -0.3 is 5.11 Å². The monoisotopic (exact) mass is 326 g/mol. The third-order valence-electron chi connectivity index (χ3n) is 3.35. The molecule has 0 bridgehead atoms. The van der Waals surface area contributed by atoms with E-state index >= 15 is 0 Å². The van der Waals surface area contributed by atoms with Crippen molar-refractivity contribution >= 4 is 27.0 Å². The van der Waals surface area contributed by atoms with Gasteiger partial charge in [0.1, 0.15) is 5.75 Å². The van der Waals surface area contributed by atoms with E-state index in [4.69, 9.17) is 0 Å². The molecule has 0 saturated heterocycles. The summed E-state index contributed by atoms with van der Waals surface area (Å²) in [5.41, 5.74) is 0.424. The summed E-state index contributed by atoms with van der Waals surface area (Å²) in [6, 6.07) is 18.8. The number of hydrogen-bond donors (Lipinski definition) is 2. The van der Waals surface area contributed by atoms with E-state index in [1.54, 1.807) is 36.4 Å². The van der Waals surface area contributed by atoms with Gasteiger partial charge in [-0.05, 0) is 23.6 Å². The zero-order valence-corrected chi connectivity index (χ0v) is 12.9. The Kier molecular flexibility index (Phi) is 3.99. The van der Waals surface area contributed by atoms with Crippen LogP contribution < -0.4 is 4.83 Å². The maximum atomic E-state index is 12.4. The van der Waals surface area contributed by atoms with Crippen molar-refractivity contribution in [2.75, 3.05) is 0 Å². The molecule has 0 aliphatic rings. The minimum absolute atomic E-state index is 0.0283. The summed E-state index contributed by atoms with van der Waals surface area (Å²) in [6.45, 7) is 0. The summed E-state index contributed by atoms with van der Waals surface area (Å²) in [7, 11) is -3.80. The largest absolute Gasteiger partial charge is 0.507 e. The van der Waals surface area contributed by atoms with Crippen molar-refractivity contribution in [1.29, 1.82) is 0 Å². The van der Waals surface area contributed by atoms with Gasteiger partial charge in [0.2, 0.25) is 0 Å². The fraction of sp³-hybridized carbons (Fsp3) is 0. The number of nitrogens with one attached hydrogen (secondary N) is 1. The summed E-state index contributed by atoms with van der Waals surface area (Å²) < 4.78 is 24.9. The van der Waals surface area contributed by atoms with Crippen molar-refractivity contribution in [2.45, 2.75) is 4.90 Å². The van der Waals surface area contributed by atoms with E-state index in [0.29, 0.717) is 10.9 Å². The van der Waals surface area contributed by atoms with Gasteiger partial charge in [0.25, 0.3) is 10.0 Å². The van der Waals surface area contributed by atoms with E-state index in [2.05, 4.69) is 9.93 Å². The number of sulfonamides is 1. The van der Waals surface area contributed by atoms with E-state index in [1.165, 1.54) is 18.3 Å². The van der Waals surface area contributed by atoms with Crippen LogP contribution >= 0.6 is 0 Å². The van der Waals surface area contributed by atoms with Gasteiger partial charge in [-0.2, -0.15) is 13.5 Å². The van der Waals surface area contributed by atoms with Gasteiger partial charge in [-0.1, -0.05) is 48.5 Å². The highest BCUT2D eigenvalue weighted by Crippen LogP contribution is 2.22. The summed E-state index contributed by atoms with van der Waals surface area (Å²) in [6.07, 6.45) is 1.26. The zero-order chi connectivity index (χ0) is 16.3. The number of hydrazone groups is 1. The number of nitrogens with zero attached hydrogens (tertiary/aromatic N) is 1. The second-order valence-electron chi connectivity index (χ2n) is 4.89. The summed E-state index contributed by atoms with van der Waals surface area (Å²) in [5, 5.41) is 14.8. The molecule has 0 aliphatic heterocycles. The second-order valence-corrected chi connectivity index (χ2v) is 6.52. The molecule has 0 spiro atoms. The van der Waals surface area contributed by atoms with E-state index in [0.717, 1.165) is 5.39 Å². The molecular weight excluding hydrogens is 312 g/mol. The standard InChI is InChI=1S/C17H14N2O3S/c20-16-10-4-2-7-14(16)12-18-19-23(21,22)17-11-5-8-13-6-1-3-9-15(13)17/h1-12,19-20H. The number of aromatic hydroxyl groups is 1. The molecule has 6 heteroatoms. The molecule has 2 N–H and O–H groups in total. The van der Waals surface area contributed by atoms with Crippen LogP contribution in [0.1, 0.15) is 5.56 Å². The number of para-hydroxylation sites is 1. The van der Waals surface area contributed by atoms with Gasteiger partial charge in [-0.25, -0.2) is 4.83 Å². The fourth-order valence-electron chi connectivity index (χ4n) is 2.24. The molecule has 5 nitrogen and oxygen atoms in total. The lowest BCUT2D eigenvalue weighted by atomic mass is 10.1. The maximum absolute atomic E-state index is 12.4. The molecule has 116 valence electrons. The molecule has 3 rings (SSSR count). The highest BCUT2D eigenvalue weighted by Gasteiger charge is 2.15. The van der Waals surface area contributed by atoms with Crippen LogP contribution in [0.4, 0.5) is 0 Å². The average Bonchev–Trinajstić information content (AvgIpc) is 2.56. The zero-order valence-electron chi connectivity index (χ0n) is 12.0. The Labute approximate surface area is 134 Å². The van der Waals surface area contributed by atoms with Gasteiger partial charge in [0, 0.05) is 10.9 Å². The van der Waals surface area contributed by atoms with Gasteiger partial charge in [-0.3, -0.25) is 0 Å². The molecule has 3 aromatic carbocycles. The molecular formula is C17H14N2O3S. The summed E-state index contributed by atoms with van der Waals surface area (Å²) in [4.78, 5) is 2.33. The first-order chi connectivity index (χ1) is 11.1. The van der Waals surface area contributed by atoms with Crippen LogP contribution in [0.3, 0.4) is 0 Å². The van der Waals surface area contributed by atoms with E-state index in [1.807, 2.05) is 18.2 Å². The first kappa shape index (κ1) is 15.1. The van der Waals surface area contributed by atoms with E-state index in [9.17, 15) is 13.5 Å². The molecule has 3 aromatic rings. The molecule has 0 aromatic heterocycles. The van der Waals surface area contributed by atoms with Crippen molar-refractivity contribution < 1.29 is 13.5 Å². The molecule has 0 saturated carbocycles. The van der Waals surface area contributed by atoms with E-state index in [-0.39, 0.29) is 10.6 Å². The number of phenols is 1. The molecule has 0 atom stereocenters. The lowest BCUT2D eigenvalue weighted by Gasteiger charge is -2.07. The average molecular weight is 326 g/mol. The van der Waals surface area contributed by atoms with Crippen LogP contribution in [-0.2, 0) is 10.0 Å². The normalized spacial score (nSPS) is 11.8. The minimum atomic E-state index is -3.80. The van der Waals surface area contributed by atoms with Crippen LogP contribution in [0.5, 0.6) is 5.75 Å². The van der Waals surface area contributed by atoms with E-state index < -0.39 is 10.0 Å². The highest BCUT2D eigenvalue weighted by atomic mass is 32.2. The lowest BCUT2D eigenvalue weighted by Crippen LogP contribution is -2.18. The Morgan fingerprint density at radius 1 is 0.913 bits per heavy atom. The van der Waals surface area contributed by atoms with Crippen molar-refractivity contribution in [3.63, 3.8) is 0 Å². The quantitative estimate of drug-likeness (QED) is 0.571. The Morgan fingerprint density at radius 2 is 1.61 bits per heavy atom. The van der Waals surface area contributed by atoms with Gasteiger partial charge in [0.15, 0.2) is 0 Å².